The SMILES string of the molecule is NC(=O)COc1nncs1. The lowest BCUT2D eigenvalue weighted by Crippen LogP contribution is -2.19. The molecule has 1 aromatic rings. The van der Waals surface area contributed by atoms with Crippen molar-refractivity contribution < 1.29 is 9.53 Å². The molecule has 5 nitrogen and oxygen atoms in total. The Labute approximate surface area is 60.8 Å². The molecule has 1 heterocycles. The zero-order chi connectivity index (χ0) is 7.40. The fourth-order valence-corrected chi connectivity index (χ4v) is 0.764. The first-order chi connectivity index (χ1) is 4.79. The van der Waals surface area contributed by atoms with Crippen LogP contribution in [-0.2, 0) is 4.79 Å². The van der Waals surface area contributed by atoms with E-state index in [2.05, 4.69) is 10.2 Å². The molecule has 54 valence electrons. The van der Waals surface area contributed by atoms with E-state index in [1.807, 2.05) is 0 Å². The van der Waals surface area contributed by atoms with Crippen molar-refractivity contribution in [1.82, 2.24) is 10.2 Å². The summed E-state index contributed by atoms with van der Waals surface area (Å²) < 4.78 is 4.78. The zero-order valence-electron chi connectivity index (χ0n) is 4.98. The maximum Gasteiger partial charge on any atom is 0.294 e. The average molecular weight is 159 g/mol. The van der Waals surface area contributed by atoms with Gasteiger partial charge in [-0.1, -0.05) is 11.3 Å². The molecular weight excluding hydrogens is 154 g/mol. The van der Waals surface area contributed by atoms with Gasteiger partial charge in [0, 0.05) is 0 Å². The lowest BCUT2D eigenvalue weighted by atomic mass is 10.7. The molecule has 6 heteroatoms. The third kappa shape index (κ3) is 1.98. The normalized spacial score (nSPS) is 9.20. The summed E-state index contributed by atoms with van der Waals surface area (Å²) in [5.74, 6) is -0.518. The van der Waals surface area contributed by atoms with E-state index in [1.54, 1.807) is 0 Å². The van der Waals surface area contributed by atoms with Gasteiger partial charge in [0.1, 0.15) is 5.51 Å². The lowest BCUT2D eigenvalue weighted by Gasteiger charge is -1.94. The van der Waals surface area contributed by atoms with E-state index < -0.39 is 5.91 Å². The largest absolute Gasteiger partial charge is 0.459 e. The van der Waals surface area contributed by atoms with Gasteiger partial charge < -0.3 is 10.5 Å². The van der Waals surface area contributed by atoms with Gasteiger partial charge in [0.05, 0.1) is 0 Å². The highest BCUT2D eigenvalue weighted by Crippen LogP contribution is 2.10. The highest BCUT2D eigenvalue weighted by molar-refractivity contribution is 7.11. The monoisotopic (exact) mass is 159 g/mol. The molecule has 1 amide bonds. The summed E-state index contributed by atoms with van der Waals surface area (Å²) in [7, 11) is 0. The number of aromatic nitrogens is 2. The quantitative estimate of drug-likeness (QED) is 0.638. The first kappa shape index (κ1) is 6.94. The van der Waals surface area contributed by atoms with Crippen LogP contribution in [0.1, 0.15) is 0 Å². The summed E-state index contributed by atoms with van der Waals surface area (Å²) >= 11 is 1.21. The first-order valence-electron chi connectivity index (χ1n) is 2.46. The Hall–Kier alpha value is -1.17. The predicted molar refractivity (Wildman–Crippen MR) is 34.6 cm³/mol. The van der Waals surface area contributed by atoms with E-state index in [4.69, 9.17) is 10.5 Å². The zero-order valence-corrected chi connectivity index (χ0v) is 5.80. The van der Waals surface area contributed by atoms with Crippen molar-refractivity contribution in [3.63, 3.8) is 0 Å². The molecule has 0 bridgehead atoms. The number of hydrogen-bond donors (Lipinski definition) is 1. The smallest absolute Gasteiger partial charge is 0.294 e. The van der Waals surface area contributed by atoms with Crippen molar-refractivity contribution in [2.45, 2.75) is 0 Å². The van der Waals surface area contributed by atoms with Crippen molar-refractivity contribution in [3.8, 4) is 5.19 Å². The van der Waals surface area contributed by atoms with Gasteiger partial charge in [-0.2, -0.15) is 0 Å². The summed E-state index contributed by atoms with van der Waals surface area (Å²) in [5.41, 5.74) is 6.31. The number of hydrogen-bond acceptors (Lipinski definition) is 5. The van der Waals surface area contributed by atoms with Crippen LogP contribution in [0, 0.1) is 0 Å². The van der Waals surface area contributed by atoms with Gasteiger partial charge in [-0.25, -0.2) is 0 Å². The standard InChI is InChI=1S/C4H5N3O2S/c5-3(8)1-9-4-7-6-2-10-4/h2H,1H2,(H2,5,8). The van der Waals surface area contributed by atoms with Crippen molar-refractivity contribution >= 4 is 17.2 Å². The van der Waals surface area contributed by atoms with Gasteiger partial charge in [0.25, 0.3) is 11.1 Å². The van der Waals surface area contributed by atoms with Crippen LogP contribution in [0.25, 0.3) is 0 Å². The van der Waals surface area contributed by atoms with Crippen LogP contribution in [0.5, 0.6) is 5.19 Å². The minimum atomic E-state index is -0.518. The summed E-state index contributed by atoms with van der Waals surface area (Å²) in [6.45, 7) is -0.144. The van der Waals surface area contributed by atoms with Gasteiger partial charge in [-0.15, -0.1) is 10.2 Å². The van der Waals surface area contributed by atoms with Crippen LogP contribution < -0.4 is 10.5 Å². The number of nitrogens with two attached hydrogens (primary N) is 1. The third-order valence-electron chi connectivity index (χ3n) is 0.678. The van der Waals surface area contributed by atoms with Crippen LogP contribution in [0.15, 0.2) is 5.51 Å². The Balaban J connectivity index is 2.35. The van der Waals surface area contributed by atoms with E-state index >= 15 is 0 Å². The second-order valence-electron chi connectivity index (χ2n) is 1.46. The van der Waals surface area contributed by atoms with E-state index in [-0.39, 0.29) is 6.61 Å². The van der Waals surface area contributed by atoms with E-state index in [9.17, 15) is 4.79 Å². The van der Waals surface area contributed by atoms with Crippen LogP contribution in [0.3, 0.4) is 0 Å². The molecule has 1 rings (SSSR count). The Bertz CT molecular complexity index is 210. The second kappa shape index (κ2) is 3.11. The highest BCUT2D eigenvalue weighted by atomic mass is 32.1. The molecule has 0 atom stereocenters. The molecule has 0 aliphatic carbocycles. The Morgan fingerprint density at radius 3 is 3.20 bits per heavy atom. The minimum Gasteiger partial charge on any atom is -0.459 e. The Kier molecular flexibility index (Phi) is 2.16. The maximum absolute atomic E-state index is 10.1. The summed E-state index contributed by atoms with van der Waals surface area (Å²) in [6.07, 6.45) is 0. The van der Waals surface area contributed by atoms with Crippen LogP contribution >= 0.6 is 11.3 Å². The summed E-state index contributed by atoms with van der Waals surface area (Å²) in [5, 5.41) is 7.38. The topological polar surface area (TPSA) is 78.1 Å². The molecule has 0 spiro atoms. The van der Waals surface area contributed by atoms with E-state index in [0.717, 1.165) is 0 Å². The molecule has 0 fully saturated rings. The summed E-state index contributed by atoms with van der Waals surface area (Å²) in [4.78, 5) is 10.1. The number of ether oxygens (including phenoxy) is 1. The van der Waals surface area contributed by atoms with Gasteiger partial charge >= 0.3 is 0 Å². The van der Waals surface area contributed by atoms with Crippen molar-refractivity contribution in [2.24, 2.45) is 5.73 Å². The number of rotatable bonds is 3. The minimum absolute atomic E-state index is 0.144. The van der Waals surface area contributed by atoms with Gasteiger partial charge in [0.15, 0.2) is 6.61 Å². The van der Waals surface area contributed by atoms with Crippen molar-refractivity contribution in [3.05, 3.63) is 5.51 Å². The molecule has 2 N–H and O–H groups in total. The van der Waals surface area contributed by atoms with Crippen molar-refractivity contribution in [1.29, 1.82) is 0 Å². The van der Waals surface area contributed by atoms with E-state index in [1.165, 1.54) is 16.8 Å². The van der Waals surface area contributed by atoms with Gasteiger partial charge in [-0.3, -0.25) is 4.79 Å². The molecule has 0 unspecified atom stereocenters. The molecule has 0 aliphatic rings. The average Bonchev–Trinajstić information content (AvgIpc) is 2.34. The second-order valence-corrected chi connectivity index (χ2v) is 2.26. The van der Waals surface area contributed by atoms with Crippen LogP contribution in [0.2, 0.25) is 0 Å². The molecule has 0 aliphatic heterocycles. The third-order valence-corrected chi connectivity index (χ3v) is 1.28. The Morgan fingerprint density at radius 2 is 2.70 bits per heavy atom. The molecule has 0 aromatic carbocycles. The number of carbonyl (C=O) groups is 1. The highest BCUT2D eigenvalue weighted by Gasteiger charge is 1.98. The lowest BCUT2D eigenvalue weighted by molar-refractivity contribution is -0.119. The molecule has 0 saturated carbocycles. The number of nitrogens with zero attached hydrogens (tertiary/aromatic N) is 2. The number of primary amides is 1. The predicted octanol–water partition coefficient (Wildman–Crippen LogP) is -0.598. The molecule has 1 aromatic heterocycles. The molecule has 0 radical (unpaired) electrons. The van der Waals surface area contributed by atoms with Gasteiger partial charge in [0.2, 0.25) is 0 Å². The Morgan fingerprint density at radius 1 is 1.90 bits per heavy atom. The number of amides is 1. The summed E-state index contributed by atoms with van der Waals surface area (Å²) in [6, 6.07) is 0. The first-order valence-corrected chi connectivity index (χ1v) is 3.34. The molecule has 0 saturated heterocycles. The van der Waals surface area contributed by atoms with E-state index in [0.29, 0.717) is 5.19 Å². The van der Waals surface area contributed by atoms with Crippen LogP contribution in [-0.4, -0.2) is 22.7 Å². The van der Waals surface area contributed by atoms with Crippen molar-refractivity contribution in [2.75, 3.05) is 6.61 Å². The number of carbonyl (C=O) groups excluding carboxylic acids is 1. The maximum atomic E-state index is 10.1. The molecular formula is C4H5N3O2S. The van der Waals surface area contributed by atoms with Gasteiger partial charge in [-0.05, 0) is 0 Å². The fraction of sp³-hybridized carbons (Fsp3) is 0.250. The fourth-order valence-electron chi connectivity index (χ4n) is 0.359. The molecule has 10 heavy (non-hydrogen) atoms. The van der Waals surface area contributed by atoms with Crippen LogP contribution in [0.4, 0.5) is 0 Å².